The maximum atomic E-state index is 12.4. The van der Waals surface area contributed by atoms with E-state index in [1.807, 2.05) is 12.1 Å². The van der Waals surface area contributed by atoms with Crippen molar-refractivity contribution in [2.45, 2.75) is 37.2 Å². The molecule has 2 aromatic carbocycles. The molecule has 0 aliphatic heterocycles. The molecule has 3 rings (SSSR count). The summed E-state index contributed by atoms with van der Waals surface area (Å²) >= 11 is 0. The minimum absolute atomic E-state index is 0.115. The second kappa shape index (κ2) is 7.78. The number of fused-ring (bicyclic) bond motifs is 1. The zero-order valence-electron chi connectivity index (χ0n) is 14.7. The van der Waals surface area contributed by atoms with Crippen LogP contribution in [-0.2, 0) is 27.7 Å². The van der Waals surface area contributed by atoms with Crippen molar-refractivity contribution in [1.82, 2.24) is 10.3 Å². The lowest BCUT2D eigenvalue weighted by atomic mass is 10.1. The molecule has 0 saturated carbocycles. The van der Waals surface area contributed by atoms with E-state index in [0.717, 1.165) is 24.8 Å². The average molecular weight is 385 g/mol. The third kappa shape index (κ3) is 4.45. The summed E-state index contributed by atoms with van der Waals surface area (Å²) in [5.74, 6) is -0.234. The molecule has 8 heteroatoms. The van der Waals surface area contributed by atoms with Crippen LogP contribution in [0, 0.1) is 11.3 Å². The Morgan fingerprint density at radius 3 is 2.56 bits per heavy atom. The number of hydrazine groups is 1. The second-order valence-corrected chi connectivity index (χ2v) is 7.96. The van der Waals surface area contributed by atoms with Gasteiger partial charge in [-0.05, 0) is 73.7 Å². The maximum absolute atomic E-state index is 12.4. The fourth-order valence-electron chi connectivity index (χ4n) is 2.86. The maximum Gasteiger partial charge on any atom is 0.275 e. The number of carbonyl (C=O) groups excluding carboxylic acids is 1. The average Bonchev–Trinajstić information content (AvgIpc) is 3.14. The van der Waals surface area contributed by atoms with Crippen molar-refractivity contribution in [1.29, 1.82) is 5.26 Å². The summed E-state index contributed by atoms with van der Waals surface area (Å²) in [6.45, 7) is 1.50. The first-order chi connectivity index (χ1) is 12.9. The van der Waals surface area contributed by atoms with Crippen LogP contribution in [0.4, 0.5) is 0 Å². The topological polar surface area (TPSA) is 108 Å². The number of rotatable bonds is 6. The molecule has 27 heavy (non-hydrogen) atoms. The Morgan fingerprint density at radius 2 is 1.85 bits per heavy atom. The van der Waals surface area contributed by atoms with Crippen LogP contribution in [0.1, 0.15) is 30.0 Å². The number of hydrogen-bond acceptors (Lipinski definition) is 5. The standard InChI is InChI=1S/C19H19N3O4S/c1-13(26-17-8-5-14(12-20)6-9-17)19(23)21-22-27(24,25)18-10-7-15-3-2-4-16(15)11-18/h5-11,13,22H,2-4H2,1H3,(H,21,23)/t13-/m0/s1. The Balaban J connectivity index is 1.59. The Morgan fingerprint density at radius 1 is 1.15 bits per heavy atom. The van der Waals surface area contributed by atoms with Crippen LogP contribution in [-0.4, -0.2) is 20.4 Å². The van der Waals surface area contributed by atoms with E-state index in [4.69, 9.17) is 10.00 Å². The van der Waals surface area contributed by atoms with Crippen molar-refractivity contribution in [2.24, 2.45) is 0 Å². The first kappa shape index (κ1) is 18.9. The van der Waals surface area contributed by atoms with Crippen LogP contribution in [0.3, 0.4) is 0 Å². The monoisotopic (exact) mass is 385 g/mol. The Kier molecular flexibility index (Phi) is 5.44. The van der Waals surface area contributed by atoms with E-state index < -0.39 is 22.0 Å². The molecule has 1 aliphatic rings. The van der Waals surface area contributed by atoms with Crippen LogP contribution in [0.15, 0.2) is 47.4 Å². The fourth-order valence-corrected chi connectivity index (χ4v) is 3.76. The van der Waals surface area contributed by atoms with Gasteiger partial charge in [-0.2, -0.15) is 5.26 Å². The van der Waals surface area contributed by atoms with Gasteiger partial charge in [0.15, 0.2) is 6.10 Å². The number of sulfonamides is 1. The summed E-state index contributed by atoms with van der Waals surface area (Å²) in [6, 6.07) is 13.2. The highest BCUT2D eigenvalue weighted by molar-refractivity contribution is 7.89. The van der Waals surface area contributed by atoms with Gasteiger partial charge in [0.05, 0.1) is 16.5 Å². The molecule has 1 aliphatic carbocycles. The summed E-state index contributed by atoms with van der Waals surface area (Å²) < 4.78 is 30.2. The molecular weight excluding hydrogens is 366 g/mol. The van der Waals surface area contributed by atoms with Gasteiger partial charge in [-0.1, -0.05) is 6.07 Å². The van der Waals surface area contributed by atoms with E-state index in [2.05, 4.69) is 10.3 Å². The molecule has 2 N–H and O–H groups in total. The number of nitrogens with zero attached hydrogens (tertiary/aromatic N) is 1. The first-order valence-electron chi connectivity index (χ1n) is 8.49. The normalized spacial score (nSPS) is 14.1. The van der Waals surface area contributed by atoms with Crippen LogP contribution >= 0.6 is 0 Å². The van der Waals surface area contributed by atoms with Crippen LogP contribution in [0.25, 0.3) is 0 Å². The third-order valence-corrected chi connectivity index (χ3v) is 5.60. The quantitative estimate of drug-likeness (QED) is 0.738. The van der Waals surface area contributed by atoms with Gasteiger partial charge in [0.25, 0.3) is 15.9 Å². The van der Waals surface area contributed by atoms with Gasteiger partial charge in [-0.15, -0.1) is 4.83 Å². The van der Waals surface area contributed by atoms with Gasteiger partial charge >= 0.3 is 0 Å². The van der Waals surface area contributed by atoms with Crippen molar-refractivity contribution >= 4 is 15.9 Å². The predicted molar refractivity (Wildman–Crippen MR) is 98.2 cm³/mol. The molecule has 0 radical (unpaired) electrons. The van der Waals surface area contributed by atoms with Gasteiger partial charge in [0, 0.05) is 0 Å². The zero-order valence-corrected chi connectivity index (χ0v) is 15.5. The highest BCUT2D eigenvalue weighted by atomic mass is 32.2. The smallest absolute Gasteiger partial charge is 0.275 e. The van der Waals surface area contributed by atoms with E-state index in [-0.39, 0.29) is 4.90 Å². The van der Waals surface area contributed by atoms with Crippen LogP contribution < -0.4 is 15.0 Å². The van der Waals surface area contributed by atoms with Crippen LogP contribution in [0.5, 0.6) is 5.75 Å². The number of benzene rings is 2. The predicted octanol–water partition coefficient (Wildman–Crippen LogP) is 1.82. The lowest BCUT2D eigenvalue weighted by Gasteiger charge is -2.15. The summed E-state index contributed by atoms with van der Waals surface area (Å²) in [4.78, 5) is 14.3. The summed E-state index contributed by atoms with van der Waals surface area (Å²) in [7, 11) is -3.87. The van der Waals surface area contributed by atoms with E-state index in [0.29, 0.717) is 11.3 Å². The lowest BCUT2D eigenvalue weighted by molar-refractivity contribution is -0.127. The fraction of sp³-hybridized carbons (Fsp3) is 0.263. The molecule has 2 aromatic rings. The largest absolute Gasteiger partial charge is 0.481 e. The van der Waals surface area contributed by atoms with Crippen molar-refractivity contribution in [3.8, 4) is 11.8 Å². The summed E-state index contributed by atoms with van der Waals surface area (Å²) in [5.41, 5.74) is 4.85. The molecule has 1 atom stereocenters. The molecule has 7 nitrogen and oxygen atoms in total. The number of amides is 1. The summed E-state index contributed by atoms with van der Waals surface area (Å²) in [5, 5.41) is 8.77. The molecule has 0 spiro atoms. The number of hydrogen-bond donors (Lipinski definition) is 2. The number of ether oxygens (including phenoxy) is 1. The van der Waals surface area contributed by atoms with E-state index in [1.54, 1.807) is 30.3 Å². The molecule has 0 bridgehead atoms. The van der Waals surface area contributed by atoms with Crippen LogP contribution in [0.2, 0.25) is 0 Å². The highest BCUT2D eigenvalue weighted by Crippen LogP contribution is 2.24. The van der Waals surface area contributed by atoms with Gasteiger partial charge in [-0.3, -0.25) is 10.2 Å². The molecule has 0 aromatic heterocycles. The van der Waals surface area contributed by atoms with E-state index >= 15 is 0 Å². The van der Waals surface area contributed by atoms with Gasteiger partial charge in [0.2, 0.25) is 0 Å². The zero-order chi connectivity index (χ0) is 19.4. The molecule has 0 saturated heterocycles. The Bertz CT molecular complexity index is 995. The van der Waals surface area contributed by atoms with E-state index in [1.165, 1.54) is 18.6 Å². The number of aryl methyl sites for hydroxylation is 2. The van der Waals surface area contributed by atoms with Gasteiger partial charge < -0.3 is 4.74 Å². The van der Waals surface area contributed by atoms with Crippen molar-refractivity contribution in [3.05, 3.63) is 59.2 Å². The van der Waals surface area contributed by atoms with Gasteiger partial charge in [0.1, 0.15) is 5.75 Å². The molecule has 1 amide bonds. The molecule has 0 unspecified atom stereocenters. The third-order valence-electron chi connectivity index (χ3n) is 4.35. The minimum atomic E-state index is -3.87. The minimum Gasteiger partial charge on any atom is -0.481 e. The molecule has 140 valence electrons. The first-order valence-corrected chi connectivity index (χ1v) is 9.97. The Hall–Kier alpha value is -2.89. The SMILES string of the molecule is C[C@H](Oc1ccc(C#N)cc1)C(=O)NNS(=O)(=O)c1ccc2c(c1)CCC2. The second-order valence-electron chi connectivity index (χ2n) is 6.28. The summed E-state index contributed by atoms with van der Waals surface area (Å²) in [6.07, 6.45) is 1.92. The van der Waals surface area contributed by atoms with Crippen molar-refractivity contribution < 1.29 is 17.9 Å². The molecule has 0 heterocycles. The number of nitriles is 1. The van der Waals surface area contributed by atoms with Gasteiger partial charge in [-0.25, -0.2) is 8.42 Å². The number of carbonyl (C=O) groups is 1. The lowest BCUT2D eigenvalue weighted by Crippen LogP contribution is -2.47. The highest BCUT2D eigenvalue weighted by Gasteiger charge is 2.21. The number of nitrogens with one attached hydrogen (secondary N) is 2. The van der Waals surface area contributed by atoms with Crippen molar-refractivity contribution in [2.75, 3.05) is 0 Å². The Labute approximate surface area is 158 Å². The van der Waals surface area contributed by atoms with E-state index in [9.17, 15) is 13.2 Å². The van der Waals surface area contributed by atoms with Crippen molar-refractivity contribution in [3.63, 3.8) is 0 Å². The molecule has 0 fully saturated rings. The molecular formula is C19H19N3O4S.